The van der Waals surface area contributed by atoms with Crippen LogP contribution in [0.4, 0.5) is 0 Å². The van der Waals surface area contributed by atoms with Crippen LogP contribution in [0.2, 0.25) is 0 Å². The van der Waals surface area contributed by atoms with E-state index in [1.165, 1.54) is 12.8 Å². The molecule has 1 aliphatic rings. The first-order chi connectivity index (χ1) is 9.67. The summed E-state index contributed by atoms with van der Waals surface area (Å²) in [4.78, 5) is 6.76. The third-order valence-electron chi connectivity index (χ3n) is 3.97. The predicted molar refractivity (Wildman–Crippen MR) is 105 cm³/mol. The molecule has 0 bridgehead atoms. The van der Waals surface area contributed by atoms with E-state index in [0.717, 1.165) is 31.5 Å². The first kappa shape index (κ1) is 21.9. The molecule has 1 rings (SSSR count). The summed E-state index contributed by atoms with van der Waals surface area (Å²) < 4.78 is 23.5. The molecule has 5 nitrogen and oxygen atoms in total. The third kappa shape index (κ3) is 6.60. The topological polar surface area (TPSA) is 61.8 Å². The molecule has 132 valence electrons. The van der Waals surface area contributed by atoms with Crippen molar-refractivity contribution in [2.45, 2.75) is 52.2 Å². The molecule has 0 atom stereocenters. The molecule has 0 saturated carbocycles. The smallest absolute Gasteiger partial charge is 0.193 e. The maximum absolute atomic E-state index is 12.1. The Labute approximate surface area is 153 Å². The Hall–Kier alpha value is -0.0500. The Balaban J connectivity index is 0.00000441. The number of nitrogens with zero attached hydrogens (tertiary/aromatic N) is 2. The van der Waals surface area contributed by atoms with Crippen LogP contribution >= 0.6 is 24.0 Å². The van der Waals surface area contributed by atoms with Crippen molar-refractivity contribution in [1.29, 1.82) is 0 Å². The van der Waals surface area contributed by atoms with Crippen molar-refractivity contribution >= 4 is 39.8 Å². The summed E-state index contributed by atoms with van der Waals surface area (Å²) in [5.41, 5.74) is 0. The SMILES string of the molecule is CCNC(=NCCS(=O)(=O)C(C)(C)C)N1CCC(C)CC1.I. The van der Waals surface area contributed by atoms with Gasteiger partial charge in [0.2, 0.25) is 0 Å². The molecule has 1 aliphatic heterocycles. The Morgan fingerprint density at radius 3 is 2.27 bits per heavy atom. The highest BCUT2D eigenvalue weighted by Crippen LogP contribution is 2.17. The van der Waals surface area contributed by atoms with Gasteiger partial charge in [-0.05, 0) is 46.5 Å². The van der Waals surface area contributed by atoms with Crippen LogP contribution in [-0.4, -0.2) is 56.0 Å². The van der Waals surface area contributed by atoms with Gasteiger partial charge in [-0.2, -0.15) is 0 Å². The molecule has 0 aromatic rings. The van der Waals surface area contributed by atoms with E-state index in [1.54, 1.807) is 20.8 Å². The second kappa shape index (κ2) is 9.30. The van der Waals surface area contributed by atoms with Gasteiger partial charge in [0.25, 0.3) is 0 Å². The Kier molecular flexibility index (Phi) is 9.27. The zero-order valence-electron chi connectivity index (χ0n) is 14.6. The fourth-order valence-electron chi connectivity index (χ4n) is 2.22. The predicted octanol–water partition coefficient (Wildman–Crippen LogP) is 2.52. The normalized spacial score (nSPS) is 18.0. The number of piperidine rings is 1. The molecule has 0 aliphatic carbocycles. The summed E-state index contributed by atoms with van der Waals surface area (Å²) in [7, 11) is -3.10. The summed E-state index contributed by atoms with van der Waals surface area (Å²) in [5.74, 6) is 1.73. The number of nitrogens with one attached hydrogen (secondary N) is 1. The quantitative estimate of drug-likeness (QED) is 0.411. The highest BCUT2D eigenvalue weighted by atomic mass is 127. The molecule has 1 fully saturated rings. The summed E-state index contributed by atoms with van der Waals surface area (Å²) in [5, 5.41) is 3.27. The Morgan fingerprint density at radius 2 is 1.82 bits per heavy atom. The lowest BCUT2D eigenvalue weighted by Crippen LogP contribution is -2.45. The van der Waals surface area contributed by atoms with Crippen molar-refractivity contribution in [1.82, 2.24) is 10.2 Å². The number of hydrogen-bond acceptors (Lipinski definition) is 3. The molecule has 0 spiro atoms. The van der Waals surface area contributed by atoms with Gasteiger partial charge in [-0.15, -0.1) is 24.0 Å². The molecule has 1 heterocycles. The van der Waals surface area contributed by atoms with Crippen molar-refractivity contribution < 1.29 is 8.42 Å². The van der Waals surface area contributed by atoms with E-state index in [0.29, 0.717) is 6.54 Å². The summed E-state index contributed by atoms with van der Waals surface area (Å²) in [6.45, 7) is 12.7. The number of guanidine groups is 1. The monoisotopic (exact) mass is 445 g/mol. The van der Waals surface area contributed by atoms with Gasteiger partial charge in [-0.3, -0.25) is 4.99 Å². The fourth-order valence-corrected chi connectivity index (χ4v) is 3.17. The summed E-state index contributed by atoms with van der Waals surface area (Å²) in [6.07, 6.45) is 2.34. The molecule has 1 saturated heterocycles. The Morgan fingerprint density at radius 1 is 1.27 bits per heavy atom. The van der Waals surface area contributed by atoms with Crippen LogP contribution in [-0.2, 0) is 9.84 Å². The van der Waals surface area contributed by atoms with E-state index in [2.05, 4.69) is 22.1 Å². The van der Waals surface area contributed by atoms with Gasteiger partial charge < -0.3 is 10.2 Å². The van der Waals surface area contributed by atoms with Gasteiger partial charge >= 0.3 is 0 Å². The maximum Gasteiger partial charge on any atom is 0.193 e. The average molecular weight is 445 g/mol. The van der Waals surface area contributed by atoms with E-state index in [9.17, 15) is 8.42 Å². The van der Waals surface area contributed by atoms with Crippen LogP contribution in [0.3, 0.4) is 0 Å². The molecular formula is C15H32IN3O2S. The van der Waals surface area contributed by atoms with Crippen LogP contribution in [0.5, 0.6) is 0 Å². The molecule has 1 N–H and O–H groups in total. The highest BCUT2D eigenvalue weighted by Gasteiger charge is 2.28. The number of halogens is 1. The van der Waals surface area contributed by atoms with Gasteiger partial charge in [0.15, 0.2) is 15.8 Å². The number of likely N-dealkylation sites (tertiary alicyclic amines) is 1. The highest BCUT2D eigenvalue weighted by molar-refractivity contribution is 14.0. The first-order valence-electron chi connectivity index (χ1n) is 7.93. The standard InChI is InChI=1S/C15H31N3O2S.HI/c1-6-16-14(18-10-7-13(2)8-11-18)17-9-12-21(19,20)15(3,4)5;/h13H,6-12H2,1-5H3,(H,16,17);1H. The fraction of sp³-hybridized carbons (Fsp3) is 0.933. The van der Waals surface area contributed by atoms with Crippen molar-refractivity contribution in [3.63, 3.8) is 0 Å². The molecule has 0 radical (unpaired) electrons. The zero-order chi connectivity index (χ0) is 16.1. The van der Waals surface area contributed by atoms with Crippen molar-refractivity contribution in [3.05, 3.63) is 0 Å². The van der Waals surface area contributed by atoms with Gasteiger partial charge in [-0.1, -0.05) is 6.92 Å². The Bertz CT molecular complexity index is 450. The second-order valence-electron chi connectivity index (χ2n) is 6.84. The first-order valence-corrected chi connectivity index (χ1v) is 9.58. The third-order valence-corrected chi connectivity index (χ3v) is 6.56. The van der Waals surface area contributed by atoms with Gasteiger partial charge in [-0.25, -0.2) is 8.42 Å². The van der Waals surface area contributed by atoms with Crippen LogP contribution < -0.4 is 5.32 Å². The molecule has 0 aromatic carbocycles. The van der Waals surface area contributed by atoms with Crippen molar-refractivity contribution in [2.75, 3.05) is 31.9 Å². The maximum atomic E-state index is 12.1. The van der Waals surface area contributed by atoms with Crippen molar-refractivity contribution in [3.8, 4) is 0 Å². The van der Waals surface area contributed by atoms with E-state index in [4.69, 9.17) is 0 Å². The van der Waals surface area contributed by atoms with E-state index in [-0.39, 0.29) is 29.7 Å². The van der Waals surface area contributed by atoms with Crippen molar-refractivity contribution in [2.24, 2.45) is 10.9 Å². The lowest BCUT2D eigenvalue weighted by Gasteiger charge is -2.33. The minimum atomic E-state index is -3.10. The van der Waals surface area contributed by atoms with E-state index >= 15 is 0 Å². The summed E-state index contributed by atoms with van der Waals surface area (Å²) >= 11 is 0. The number of aliphatic imine (C=N–C) groups is 1. The minimum absolute atomic E-state index is 0. The van der Waals surface area contributed by atoms with Gasteiger partial charge in [0.05, 0.1) is 17.0 Å². The van der Waals surface area contributed by atoms with Gasteiger partial charge in [0.1, 0.15) is 0 Å². The number of rotatable bonds is 4. The lowest BCUT2D eigenvalue weighted by atomic mass is 10.00. The zero-order valence-corrected chi connectivity index (χ0v) is 17.7. The van der Waals surface area contributed by atoms with E-state index in [1.807, 2.05) is 6.92 Å². The number of hydrogen-bond donors (Lipinski definition) is 1. The average Bonchev–Trinajstić information content (AvgIpc) is 2.37. The molecule has 0 unspecified atom stereocenters. The molecule has 0 amide bonds. The number of sulfone groups is 1. The van der Waals surface area contributed by atoms with Crippen LogP contribution in [0.25, 0.3) is 0 Å². The van der Waals surface area contributed by atoms with Gasteiger partial charge in [0, 0.05) is 19.6 Å². The molecular weight excluding hydrogens is 413 g/mol. The van der Waals surface area contributed by atoms with Crippen LogP contribution in [0.15, 0.2) is 4.99 Å². The lowest BCUT2D eigenvalue weighted by molar-refractivity contribution is 0.273. The second-order valence-corrected chi connectivity index (χ2v) is 9.70. The molecule has 7 heteroatoms. The van der Waals surface area contributed by atoms with E-state index < -0.39 is 14.6 Å². The van der Waals surface area contributed by atoms with Crippen LogP contribution in [0, 0.1) is 5.92 Å². The minimum Gasteiger partial charge on any atom is -0.357 e. The largest absolute Gasteiger partial charge is 0.357 e. The van der Waals surface area contributed by atoms with Crippen LogP contribution in [0.1, 0.15) is 47.5 Å². The summed E-state index contributed by atoms with van der Waals surface area (Å²) in [6, 6.07) is 0. The molecule has 0 aromatic heterocycles. The molecule has 22 heavy (non-hydrogen) atoms.